The number of carbonyl (C=O) groups excluding carboxylic acids is 1. The third kappa shape index (κ3) is 4.33. The molecular weight excluding hydrogens is 386 g/mol. The van der Waals surface area contributed by atoms with Crippen LogP contribution in [0.25, 0.3) is 10.9 Å². The molecule has 0 saturated carbocycles. The Morgan fingerprint density at radius 3 is 2.67 bits per heavy atom. The molecule has 154 valence electrons. The first-order valence-electron chi connectivity index (χ1n) is 9.32. The quantitative estimate of drug-likeness (QED) is 0.531. The van der Waals surface area contributed by atoms with Crippen LogP contribution in [0.1, 0.15) is 21.6 Å². The number of aromatic hydroxyl groups is 1. The zero-order valence-corrected chi connectivity index (χ0v) is 16.6. The smallest absolute Gasteiger partial charge is 0.254 e. The maximum Gasteiger partial charge on any atom is 0.254 e. The van der Waals surface area contributed by atoms with E-state index in [4.69, 9.17) is 0 Å². The van der Waals surface area contributed by atoms with Gasteiger partial charge in [-0.25, -0.2) is 8.78 Å². The van der Waals surface area contributed by atoms with Gasteiger partial charge in [0.1, 0.15) is 5.75 Å². The van der Waals surface area contributed by atoms with E-state index in [0.29, 0.717) is 28.8 Å². The summed E-state index contributed by atoms with van der Waals surface area (Å²) >= 11 is 0. The number of phenolic OH excluding ortho intramolecular Hbond substituents is 1. The Morgan fingerprint density at radius 2 is 1.97 bits per heavy atom. The summed E-state index contributed by atoms with van der Waals surface area (Å²) < 4.78 is 28.5. The maximum atomic E-state index is 13.4. The molecule has 2 N–H and O–H groups in total. The van der Waals surface area contributed by atoms with Gasteiger partial charge in [0.25, 0.3) is 5.91 Å². The maximum absolute atomic E-state index is 13.4. The van der Waals surface area contributed by atoms with Crippen molar-refractivity contribution in [2.45, 2.75) is 20.0 Å². The Balaban J connectivity index is 1.94. The lowest BCUT2D eigenvalue weighted by Crippen LogP contribution is -2.23. The molecule has 0 bridgehead atoms. The number of amides is 1. The lowest BCUT2D eigenvalue weighted by atomic mass is 10.1. The molecule has 1 aromatic heterocycles. The molecule has 0 atom stereocenters. The van der Waals surface area contributed by atoms with Gasteiger partial charge in [-0.3, -0.25) is 4.79 Å². The molecule has 3 rings (SSSR count). The van der Waals surface area contributed by atoms with Crippen LogP contribution in [0.5, 0.6) is 5.75 Å². The van der Waals surface area contributed by atoms with E-state index < -0.39 is 11.6 Å². The first kappa shape index (κ1) is 21.0. The minimum Gasteiger partial charge on any atom is -0.508 e. The van der Waals surface area contributed by atoms with Crippen LogP contribution in [-0.4, -0.2) is 15.6 Å². The molecule has 4 nitrogen and oxygen atoms in total. The molecule has 0 fully saturated rings. The number of halogens is 2. The first-order valence-corrected chi connectivity index (χ1v) is 9.32. The number of phenols is 1. The predicted octanol–water partition coefficient (Wildman–Crippen LogP) is 5.16. The molecule has 1 amide bonds. The third-order valence-electron chi connectivity index (χ3n) is 4.80. The summed E-state index contributed by atoms with van der Waals surface area (Å²) in [5.74, 6) is -2.24. The lowest BCUT2D eigenvalue weighted by molar-refractivity contribution is 0.0951. The molecular formula is C24H22F2N2O2. The second-order valence-electron chi connectivity index (χ2n) is 6.93. The molecule has 30 heavy (non-hydrogen) atoms. The highest BCUT2D eigenvalue weighted by Crippen LogP contribution is 2.30. The molecule has 0 aliphatic heterocycles. The van der Waals surface area contributed by atoms with Gasteiger partial charge in [-0.1, -0.05) is 37.5 Å². The van der Waals surface area contributed by atoms with Gasteiger partial charge in [0.05, 0.1) is 5.56 Å². The molecule has 1 heterocycles. The monoisotopic (exact) mass is 408 g/mol. The predicted molar refractivity (Wildman–Crippen MR) is 114 cm³/mol. The number of rotatable bonds is 7. The highest BCUT2D eigenvalue weighted by atomic mass is 19.2. The van der Waals surface area contributed by atoms with Gasteiger partial charge >= 0.3 is 0 Å². The van der Waals surface area contributed by atoms with E-state index in [1.807, 2.05) is 17.6 Å². The van der Waals surface area contributed by atoms with Gasteiger partial charge in [0.15, 0.2) is 11.6 Å². The second-order valence-corrected chi connectivity index (χ2v) is 6.93. The number of nitrogens with one attached hydrogen (secondary N) is 1. The summed E-state index contributed by atoms with van der Waals surface area (Å²) in [5.41, 5.74) is 3.14. The van der Waals surface area contributed by atoms with Crippen molar-refractivity contribution in [2.75, 3.05) is 0 Å². The Labute approximate surface area is 173 Å². The number of allylic oxidation sites excluding steroid dienone is 4. The largest absolute Gasteiger partial charge is 0.508 e. The summed E-state index contributed by atoms with van der Waals surface area (Å²) in [6, 6.07) is 8.32. The van der Waals surface area contributed by atoms with E-state index in [1.165, 1.54) is 12.1 Å². The highest BCUT2D eigenvalue weighted by molar-refractivity contribution is 6.08. The van der Waals surface area contributed by atoms with E-state index >= 15 is 0 Å². The van der Waals surface area contributed by atoms with Crippen LogP contribution in [0.15, 0.2) is 73.4 Å². The first-order chi connectivity index (χ1) is 14.3. The zero-order chi connectivity index (χ0) is 21.8. The van der Waals surface area contributed by atoms with Crippen LogP contribution in [0.4, 0.5) is 8.78 Å². The van der Waals surface area contributed by atoms with Crippen molar-refractivity contribution in [1.29, 1.82) is 0 Å². The van der Waals surface area contributed by atoms with Crippen LogP contribution < -0.4 is 5.32 Å². The topological polar surface area (TPSA) is 54.3 Å². The van der Waals surface area contributed by atoms with E-state index in [9.17, 15) is 18.7 Å². The molecule has 2 aromatic carbocycles. The molecule has 0 unspecified atom stereocenters. The van der Waals surface area contributed by atoms with E-state index in [-0.39, 0.29) is 18.2 Å². The van der Waals surface area contributed by atoms with Gasteiger partial charge in [-0.2, -0.15) is 0 Å². The normalized spacial score (nSPS) is 11.2. The number of hydrogen-bond donors (Lipinski definition) is 2. The van der Waals surface area contributed by atoms with Gasteiger partial charge < -0.3 is 15.0 Å². The number of nitrogens with zero attached hydrogens (tertiary/aromatic N) is 1. The molecule has 0 spiro atoms. The lowest BCUT2D eigenvalue weighted by Gasteiger charge is -2.09. The van der Waals surface area contributed by atoms with Crippen LogP contribution in [0.3, 0.4) is 0 Å². The van der Waals surface area contributed by atoms with Gasteiger partial charge in [0.2, 0.25) is 0 Å². The van der Waals surface area contributed by atoms with Crippen molar-refractivity contribution in [3.8, 4) is 5.75 Å². The van der Waals surface area contributed by atoms with Crippen molar-refractivity contribution in [2.24, 2.45) is 0 Å². The molecule has 0 radical (unpaired) electrons. The standard InChI is InChI=1S/C24H22F2N2O2/c1-4-5-6-15(2)14-28-16(3)23(19-12-18(29)8-10-22(19)28)24(30)27-13-17-7-9-20(25)21(26)11-17/h4-12,29H,1-2,13-14H2,3H3,(H,27,30)/b6-5-. The van der Waals surface area contributed by atoms with Gasteiger partial charge in [-0.05, 0) is 48.4 Å². The van der Waals surface area contributed by atoms with Crippen LogP contribution >= 0.6 is 0 Å². The summed E-state index contributed by atoms with van der Waals surface area (Å²) in [5, 5.41) is 13.3. The fourth-order valence-corrected chi connectivity index (χ4v) is 3.34. The molecule has 3 aromatic rings. The SMILES string of the molecule is C=C/C=C\C(=C)Cn1c(C)c(C(=O)NCc2ccc(F)c(F)c2)c2cc(O)ccc21. The Hall–Kier alpha value is -3.67. The Kier molecular flexibility index (Phi) is 6.16. The average Bonchev–Trinajstić information content (AvgIpc) is 2.97. The minimum absolute atomic E-state index is 0.0374. The molecule has 6 heteroatoms. The number of aromatic nitrogens is 1. The van der Waals surface area contributed by atoms with Gasteiger partial charge in [-0.15, -0.1) is 0 Å². The van der Waals surface area contributed by atoms with Crippen LogP contribution in [0, 0.1) is 18.6 Å². The minimum atomic E-state index is -0.967. The second kappa shape index (κ2) is 8.78. The number of hydrogen-bond acceptors (Lipinski definition) is 2. The van der Waals surface area contributed by atoms with Gasteiger partial charge in [0, 0.05) is 29.7 Å². The van der Waals surface area contributed by atoms with E-state index in [0.717, 1.165) is 23.2 Å². The third-order valence-corrected chi connectivity index (χ3v) is 4.80. The van der Waals surface area contributed by atoms with Crippen LogP contribution in [-0.2, 0) is 13.1 Å². The number of benzene rings is 2. The number of carbonyl (C=O) groups is 1. The highest BCUT2D eigenvalue weighted by Gasteiger charge is 2.20. The number of fused-ring (bicyclic) bond motifs is 1. The van der Waals surface area contributed by atoms with Crippen LogP contribution in [0.2, 0.25) is 0 Å². The fourth-order valence-electron chi connectivity index (χ4n) is 3.34. The zero-order valence-electron chi connectivity index (χ0n) is 16.6. The fraction of sp³-hybridized carbons (Fsp3) is 0.125. The van der Waals surface area contributed by atoms with Crippen molar-refractivity contribution in [3.63, 3.8) is 0 Å². The van der Waals surface area contributed by atoms with Crippen molar-refractivity contribution < 1.29 is 18.7 Å². The summed E-state index contributed by atoms with van der Waals surface area (Å²) in [6.07, 6.45) is 5.27. The van der Waals surface area contributed by atoms with Crippen molar-refractivity contribution in [3.05, 3.63) is 102 Å². The Morgan fingerprint density at radius 1 is 1.20 bits per heavy atom. The van der Waals surface area contributed by atoms with E-state index in [1.54, 1.807) is 24.3 Å². The summed E-state index contributed by atoms with van der Waals surface area (Å²) in [4.78, 5) is 13.0. The Bertz CT molecular complexity index is 1180. The summed E-state index contributed by atoms with van der Waals surface area (Å²) in [7, 11) is 0. The molecule has 0 saturated heterocycles. The van der Waals surface area contributed by atoms with Crippen molar-refractivity contribution >= 4 is 16.8 Å². The van der Waals surface area contributed by atoms with Crippen molar-refractivity contribution in [1.82, 2.24) is 9.88 Å². The van der Waals surface area contributed by atoms with E-state index in [2.05, 4.69) is 18.5 Å². The molecule has 0 aliphatic rings. The summed E-state index contributed by atoms with van der Waals surface area (Å²) in [6.45, 7) is 9.97. The molecule has 0 aliphatic carbocycles. The average molecular weight is 408 g/mol.